The van der Waals surface area contributed by atoms with E-state index in [1.165, 1.54) is 0 Å². The van der Waals surface area contributed by atoms with Gasteiger partial charge >= 0.3 is 0 Å². The summed E-state index contributed by atoms with van der Waals surface area (Å²) in [6, 6.07) is 10.8. The van der Waals surface area contributed by atoms with E-state index in [0.717, 1.165) is 16.8 Å². The molecule has 2 heterocycles. The van der Waals surface area contributed by atoms with Crippen molar-refractivity contribution < 1.29 is 9.53 Å². The molecule has 0 bridgehead atoms. The average molecular weight is 383 g/mol. The number of methoxy groups -OCH3 is 1. The third-order valence-corrected chi connectivity index (χ3v) is 4.91. The van der Waals surface area contributed by atoms with Gasteiger partial charge in [0, 0.05) is 25.8 Å². The highest BCUT2D eigenvalue weighted by Crippen LogP contribution is 2.18. The number of nitrogens with one attached hydrogen (secondary N) is 1. The predicted octanol–water partition coefficient (Wildman–Crippen LogP) is 3.10. The lowest BCUT2D eigenvalue weighted by Gasteiger charge is -2.22. The molecule has 0 aliphatic heterocycles. The molecule has 0 unspecified atom stereocenters. The monoisotopic (exact) mass is 383 g/mol. The van der Waals surface area contributed by atoms with Crippen molar-refractivity contribution in [3.05, 3.63) is 74.3 Å². The number of aromatic nitrogens is 2. The van der Waals surface area contributed by atoms with Crippen molar-refractivity contribution >= 4 is 17.2 Å². The number of aromatic amines is 1. The van der Waals surface area contributed by atoms with Gasteiger partial charge in [0.25, 0.3) is 11.5 Å². The van der Waals surface area contributed by atoms with E-state index in [0.29, 0.717) is 30.8 Å². The molecular formula is C20H21N3O3S. The Morgan fingerprint density at radius 1 is 1.26 bits per heavy atom. The normalized spacial score (nSPS) is 10.7. The van der Waals surface area contributed by atoms with Gasteiger partial charge in [-0.25, -0.2) is 5.10 Å². The first-order chi connectivity index (χ1) is 13.1. The molecule has 0 radical (unpaired) electrons. The fraction of sp³-hybridized carbons (Fsp3) is 0.250. The van der Waals surface area contributed by atoms with Crippen LogP contribution in [0.15, 0.2) is 52.0 Å². The molecular weight excluding hydrogens is 362 g/mol. The van der Waals surface area contributed by atoms with Crippen LogP contribution >= 0.6 is 11.3 Å². The van der Waals surface area contributed by atoms with Gasteiger partial charge in [0.2, 0.25) is 0 Å². The summed E-state index contributed by atoms with van der Waals surface area (Å²) in [6.07, 6.45) is 0. The molecule has 0 aliphatic rings. The van der Waals surface area contributed by atoms with E-state index in [4.69, 9.17) is 4.74 Å². The van der Waals surface area contributed by atoms with Crippen LogP contribution in [0.25, 0.3) is 11.1 Å². The van der Waals surface area contributed by atoms with E-state index in [2.05, 4.69) is 10.2 Å². The molecule has 1 amide bonds. The Kier molecular flexibility index (Phi) is 6.16. The zero-order valence-corrected chi connectivity index (χ0v) is 16.1. The molecule has 1 N–H and O–H groups in total. The van der Waals surface area contributed by atoms with Gasteiger partial charge in [0.1, 0.15) is 0 Å². The summed E-state index contributed by atoms with van der Waals surface area (Å²) in [7, 11) is 1.62. The highest BCUT2D eigenvalue weighted by atomic mass is 32.1. The van der Waals surface area contributed by atoms with Gasteiger partial charge in [-0.1, -0.05) is 12.1 Å². The van der Waals surface area contributed by atoms with Gasteiger partial charge in [-0.3, -0.25) is 9.59 Å². The molecule has 3 rings (SSSR count). The number of benzene rings is 1. The molecule has 0 spiro atoms. The first-order valence-electron chi connectivity index (χ1n) is 8.54. The predicted molar refractivity (Wildman–Crippen MR) is 106 cm³/mol. The molecule has 7 heteroatoms. The van der Waals surface area contributed by atoms with Crippen molar-refractivity contribution in [3.63, 3.8) is 0 Å². The van der Waals surface area contributed by atoms with Crippen LogP contribution in [-0.2, 0) is 11.3 Å². The SMILES string of the molecule is COCCN(Cc1ccsc1)C(=O)c1ccc(-c2cc(C)n[nH]c2=O)cc1. The van der Waals surface area contributed by atoms with Gasteiger partial charge in [-0.15, -0.1) is 0 Å². The molecule has 140 valence electrons. The van der Waals surface area contributed by atoms with Gasteiger partial charge < -0.3 is 9.64 Å². The number of carbonyl (C=O) groups excluding carboxylic acids is 1. The molecule has 1 aromatic carbocycles. The molecule has 0 aliphatic carbocycles. The lowest BCUT2D eigenvalue weighted by molar-refractivity contribution is 0.0680. The van der Waals surface area contributed by atoms with Crippen LogP contribution < -0.4 is 5.56 Å². The fourth-order valence-electron chi connectivity index (χ4n) is 2.75. The van der Waals surface area contributed by atoms with Crippen molar-refractivity contribution in [1.82, 2.24) is 15.1 Å². The molecule has 0 saturated heterocycles. The van der Waals surface area contributed by atoms with Crippen LogP contribution in [0.4, 0.5) is 0 Å². The Morgan fingerprint density at radius 2 is 2.04 bits per heavy atom. The first kappa shape index (κ1) is 19.0. The van der Waals surface area contributed by atoms with Crippen molar-refractivity contribution in [2.45, 2.75) is 13.5 Å². The first-order valence-corrected chi connectivity index (χ1v) is 9.49. The number of H-pyrrole nitrogens is 1. The van der Waals surface area contributed by atoms with Crippen LogP contribution in [0.1, 0.15) is 21.6 Å². The summed E-state index contributed by atoms with van der Waals surface area (Å²) >= 11 is 1.61. The summed E-state index contributed by atoms with van der Waals surface area (Å²) < 4.78 is 5.14. The topological polar surface area (TPSA) is 75.3 Å². The number of thiophene rings is 1. The van der Waals surface area contributed by atoms with E-state index >= 15 is 0 Å². The number of nitrogens with zero attached hydrogens (tertiary/aromatic N) is 2. The minimum atomic E-state index is -0.251. The molecule has 0 saturated carbocycles. The maximum absolute atomic E-state index is 12.9. The van der Waals surface area contributed by atoms with Crippen molar-refractivity contribution in [1.29, 1.82) is 0 Å². The lowest BCUT2D eigenvalue weighted by atomic mass is 10.0. The second-order valence-corrected chi connectivity index (χ2v) is 6.96. The van der Waals surface area contributed by atoms with E-state index in [9.17, 15) is 9.59 Å². The number of hydrogen-bond donors (Lipinski definition) is 1. The maximum atomic E-state index is 12.9. The van der Waals surface area contributed by atoms with Crippen LogP contribution in [0, 0.1) is 6.92 Å². The fourth-order valence-corrected chi connectivity index (χ4v) is 3.41. The van der Waals surface area contributed by atoms with Crippen LogP contribution in [0.3, 0.4) is 0 Å². The quantitative estimate of drug-likeness (QED) is 0.680. The average Bonchev–Trinajstić information content (AvgIpc) is 3.20. The smallest absolute Gasteiger partial charge is 0.272 e. The zero-order valence-electron chi connectivity index (χ0n) is 15.3. The summed E-state index contributed by atoms with van der Waals surface area (Å²) in [6.45, 7) is 3.34. The Morgan fingerprint density at radius 3 is 2.70 bits per heavy atom. The van der Waals surface area contributed by atoms with Crippen LogP contribution in [0.2, 0.25) is 0 Å². The number of ether oxygens (including phenoxy) is 1. The number of aryl methyl sites for hydroxylation is 1. The Balaban J connectivity index is 1.82. The molecule has 0 atom stereocenters. The summed E-state index contributed by atoms with van der Waals surface area (Å²) in [5.41, 5.74) is 3.44. The molecule has 6 nitrogen and oxygen atoms in total. The second-order valence-electron chi connectivity index (χ2n) is 6.18. The third kappa shape index (κ3) is 4.69. The van der Waals surface area contributed by atoms with Crippen LogP contribution in [0.5, 0.6) is 0 Å². The van der Waals surface area contributed by atoms with Crippen LogP contribution in [-0.4, -0.2) is 41.3 Å². The van der Waals surface area contributed by atoms with Crippen molar-refractivity contribution in [3.8, 4) is 11.1 Å². The summed E-state index contributed by atoms with van der Waals surface area (Å²) in [4.78, 5) is 26.7. The highest BCUT2D eigenvalue weighted by Gasteiger charge is 2.17. The highest BCUT2D eigenvalue weighted by molar-refractivity contribution is 7.07. The number of rotatable bonds is 7. The largest absolute Gasteiger partial charge is 0.383 e. The standard InChI is InChI=1S/C20H21N3O3S/c1-14-11-18(19(24)22-21-14)16-3-5-17(6-4-16)20(25)23(8-9-26-2)12-15-7-10-27-13-15/h3-7,10-11,13H,8-9,12H2,1-2H3,(H,22,24). The van der Waals surface area contributed by atoms with E-state index in [1.807, 2.05) is 23.8 Å². The van der Waals surface area contributed by atoms with Crippen molar-refractivity contribution in [2.75, 3.05) is 20.3 Å². The molecule has 0 fully saturated rings. The van der Waals surface area contributed by atoms with Crippen molar-refractivity contribution in [2.24, 2.45) is 0 Å². The van der Waals surface area contributed by atoms with Gasteiger partial charge in [-0.2, -0.15) is 16.4 Å². The third-order valence-electron chi connectivity index (χ3n) is 4.18. The van der Waals surface area contributed by atoms with Gasteiger partial charge in [-0.05, 0) is 53.1 Å². The Hall–Kier alpha value is -2.77. The molecule has 2 aromatic heterocycles. The summed E-state index contributed by atoms with van der Waals surface area (Å²) in [5, 5.41) is 10.4. The zero-order chi connectivity index (χ0) is 19.2. The maximum Gasteiger partial charge on any atom is 0.272 e. The number of amides is 1. The second kappa shape index (κ2) is 8.75. The molecule has 27 heavy (non-hydrogen) atoms. The Labute approximate surface area is 161 Å². The number of carbonyl (C=O) groups is 1. The van der Waals surface area contributed by atoms with E-state index < -0.39 is 0 Å². The minimum Gasteiger partial charge on any atom is -0.383 e. The van der Waals surface area contributed by atoms with Gasteiger partial charge in [0.05, 0.1) is 17.9 Å². The van der Waals surface area contributed by atoms with E-state index in [-0.39, 0.29) is 11.5 Å². The Bertz CT molecular complexity index is 949. The lowest BCUT2D eigenvalue weighted by Crippen LogP contribution is -2.33. The minimum absolute atomic E-state index is 0.0652. The molecule has 3 aromatic rings. The number of hydrogen-bond acceptors (Lipinski definition) is 5. The summed E-state index contributed by atoms with van der Waals surface area (Å²) in [5.74, 6) is -0.0652. The van der Waals surface area contributed by atoms with E-state index in [1.54, 1.807) is 53.7 Å². The van der Waals surface area contributed by atoms with Gasteiger partial charge in [0.15, 0.2) is 0 Å².